The molecular weight excluding hydrogens is 585 g/mol. The molecule has 0 bridgehead atoms. The number of terminal acetylenes is 1. The van der Waals surface area contributed by atoms with Gasteiger partial charge in [-0.2, -0.15) is 0 Å². The molecule has 3 heteroatoms. The number of rotatable bonds is 5. The number of nitrogens with two attached hydrogens (primary N) is 1. The molecule has 4 rings (SSSR count). The number of aromatic nitrogens is 1. The van der Waals surface area contributed by atoms with Crippen molar-refractivity contribution in [3.05, 3.63) is 101 Å². The lowest BCUT2D eigenvalue weighted by Crippen LogP contribution is -2.11. The Labute approximate surface area is 282 Å². The molecule has 0 aliphatic carbocycles. The van der Waals surface area contributed by atoms with E-state index in [-0.39, 0.29) is 6.04 Å². The molecule has 4 aromatic rings. The smallest absolute Gasteiger partial charge is 0.140 e. The van der Waals surface area contributed by atoms with Crippen LogP contribution in [0.1, 0.15) is 28.3 Å². The van der Waals surface area contributed by atoms with Gasteiger partial charge in [0, 0.05) is 94.7 Å². The summed E-state index contributed by atoms with van der Waals surface area (Å²) in [5.74, 6) is 50.8. The van der Waals surface area contributed by atoms with Crippen LogP contribution in [0.15, 0.2) is 79.0 Å². The van der Waals surface area contributed by atoms with E-state index in [9.17, 15) is 0 Å². The largest absolute Gasteiger partial charge is 0.407 e. The first-order valence-electron chi connectivity index (χ1n) is 14.3. The molecule has 0 spiro atoms. The normalized spacial score (nSPS) is 8.60. The Hall–Kier alpha value is -7.88. The molecule has 3 nitrogen and oxygen atoms in total. The van der Waals surface area contributed by atoms with Crippen molar-refractivity contribution in [2.45, 2.75) is 19.5 Å². The van der Waals surface area contributed by atoms with Gasteiger partial charge < -0.3 is 15.0 Å². The quantitative estimate of drug-likeness (QED) is 0.323. The zero-order valence-corrected chi connectivity index (χ0v) is 25.8. The van der Waals surface area contributed by atoms with Crippen molar-refractivity contribution in [2.24, 2.45) is 5.73 Å². The Morgan fingerprint density at radius 2 is 1.17 bits per heavy atom. The predicted octanol–water partition coefficient (Wildman–Crippen LogP) is 5.05. The van der Waals surface area contributed by atoms with Crippen molar-refractivity contribution in [2.75, 3.05) is 0 Å². The van der Waals surface area contributed by atoms with E-state index >= 15 is 0 Å². The first-order valence-corrected chi connectivity index (χ1v) is 14.3. The average molecular weight is 607 g/mol. The van der Waals surface area contributed by atoms with Crippen LogP contribution in [0.4, 0.5) is 0 Å². The molecule has 218 valence electrons. The van der Waals surface area contributed by atoms with E-state index in [2.05, 4.69) is 166 Å². The second kappa shape index (κ2) is 18.7. The second-order valence-electron chi connectivity index (χ2n) is 9.50. The van der Waals surface area contributed by atoms with E-state index in [0.29, 0.717) is 12.3 Å². The standard InChI is InChI=1S/C45H22N2O/c1-3-4-5-6-7-8-9-10-11-12-13-14-15-16-17-18-19-20-21-27-32-48-41-34-38(2)33-39(35-41)36-47-37-43(42-30-25-26-31-44(42)47)45(46)40-28-23-22-24-29-40/h1,22-26,28-31,33-35,37,45H,36,46H2,2H3. The zero-order chi connectivity index (χ0) is 33.7. The van der Waals surface area contributed by atoms with Crippen molar-refractivity contribution in [3.8, 4) is 137 Å². The fraction of sp³-hybridized carbons (Fsp3) is 0.0667. The van der Waals surface area contributed by atoms with Crippen LogP contribution < -0.4 is 10.5 Å². The minimum atomic E-state index is -0.229. The van der Waals surface area contributed by atoms with Gasteiger partial charge in [0.25, 0.3) is 0 Å². The third kappa shape index (κ3) is 10.7. The SMILES string of the molecule is C#CC#CC#CC#CC#CC#CC#CC#CC#CC#CC#COc1cc(C)cc(Cn2cc(C(N)c3ccccc3)c3ccccc32)c1. The average Bonchev–Trinajstić information content (AvgIpc) is 3.46. The van der Waals surface area contributed by atoms with Crippen molar-refractivity contribution in [3.63, 3.8) is 0 Å². The Bertz CT molecular complexity index is 2550. The fourth-order valence-corrected chi connectivity index (χ4v) is 4.34. The van der Waals surface area contributed by atoms with Crippen LogP contribution in [0.2, 0.25) is 0 Å². The van der Waals surface area contributed by atoms with E-state index in [1.165, 1.54) is 0 Å². The summed E-state index contributed by atoms with van der Waals surface area (Å²) in [5, 5.41) is 1.13. The summed E-state index contributed by atoms with van der Waals surface area (Å²) in [5.41, 5.74) is 12.1. The molecule has 0 amide bonds. The van der Waals surface area contributed by atoms with Crippen LogP contribution in [-0.4, -0.2) is 4.57 Å². The van der Waals surface area contributed by atoms with Gasteiger partial charge >= 0.3 is 0 Å². The molecule has 2 N–H and O–H groups in total. The monoisotopic (exact) mass is 606 g/mol. The Kier molecular flexibility index (Phi) is 12.9. The molecule has 48 heavy (non-hydrogen) atoms. The minimum absolute atomic E-state index is 0.229. The number of para-hydroxylation sites is 1. The molecule has 3 aromatic carbocycles. The maximum absolute atomic E-state index is 6.70. The van der Waals surface area contributed by atoms with E-state index in [0.717, 1.165) is 33.2 Å². The number of aryl methyl sites for hydroxylation is 1. The number of ether oxygens (including phenoxy) is 1. The highest BCUT2D eigenvalue weighted by Gasteiger charge is 2.16. The maximum atomic E-state index is 6.70. The second-order valence-corrected chi connectivity index (χ2v) is 9.50. The van der Waals surface area contributed by atoms with Gasteiger partial charge in [0.1, 0.15) is 11.9 Å². The van der Waals surface area contributed by atoms with Gasteiger partial charge in [0.05, 0.1) is 6.04 Å². The Morgan fingerprint density at radius 3 is 1.75 bits per heavy atom. The highest BCUT2D eigenvalue weighted by atomic mass is 16.5. The number of hydrogen-bond acceptors (Lipinski definition) is 2. The Morgan fingerprint density at radius 1 is 0.646 bits per heavy atom. The third-order valence-electron chi connectivity index (χ3n) is 6.19. The summed E-state index contributed by atoms with van der Waals surface area (Å²) in [7, 11) is 0. The lowest BCUT2D eigenvalue weighted by atomic mass is 9.99. The first kappa shape index (κ1) is 33.0. The molecule has 0 saturated carbocycles. The minimum Gasteiger partial charge on any atom is -0.407 e. The van der Waals surface area contributed by atoms with Crippen LogP contribution in [0, 0.1) is 138 Å². The van der Waals surface area contributed by atoms with Crippen LogP contribution in [0.3, 0.4) is 0 Å². The van der Waals surface area contributed by atoms with Crippen molar-refractivity contribution >= 4 is 10.9 Å². The third-order valence-corrected chi connectivity index (χ3v) is 6.19. The molecule has 1 heterocycles. The van der Waals surface area contributed by atoms with E-state index in [1.807, 2.05) is 49.4 Å². The molecule has 0 fully saturated rings. The molecule has 0 aliphatic rings. The summed E-state index contributed by atoms with van der Waals surface area (Å²) in [4.78, 5) is 0. The number of nitrogens with zero attached hydrogens (tertiary/aromatic N) is 1. The van der Waals surface area contributed by atoms with Gasteiger partial charge in [-0.05, 0) is 94.7 Å². The van der Waals surface area contributed by atoms with E-state index in [1.54, 1.807) is 0 Å². The highest BCUT2D eigenvalue weighted by molar-refractivity contribution is 5.85. The van der Waals surface area contributed by atoms with Crippen molar-refractivity contribution in [1.29, 1.82) is 0 Å². The lowest BCUT2D eigenvalue weighted by molar-refractivity contribution is 0.518. The molecule has 1 atom stereocenters. The zero-order valence-electron chi connectivity index (χ0n) is 25.8. The number of benzene rings is 3. The van der Waals surface area contributed by atoms with Crippen molar-refractivity contribution in [1.82, 2.24) is 4.57 Å². The molecule has 1 unspecified atom stereocenters. The highest BCUT2D eigenvalue weighted by Crippen LogP contribution is 2.30. The van der Waals surface area contributed by atoms with E-state index < -0.39 is 0 Å². The van der Waals surface area contributed by atoms with Gasteiger partial charge in [0.2, 0.25) is 0 Å². The number of hydrogen-bond donors (Lipinski definition) is 1. The molecule has 1 aromatic heterocycles. The molecular formula is C45H22N2O. The fourth-order valence-electron chi connectivity index (χ4n) is 4.34. The topological polar surface area (TPSA) is 40.2 Å². The first-order chi connectivity index (χ1) is 23.7. The van der Waals surface area contributed by atoms with Crippen LogP contribution >= 0.6 is 0 Å². The van der Waals surface area contributed by atoms with Crippen LogP contribution in [0.25, 0.3) is 10.9 Å². The molecule has 0 radical (unpaired) electrons. The summed E-state index contributed by atoms with van der Waals surface area (Å²) >= 11 is 0. The Balaban J connectivity index is 1.33. The van der Waals surface area contributed by atoms with Gasteiger partial charge in [0.15, 0.2) is 0 Å². The van der Waals surface area contributed by atoms with E-state index in [4.69, 9.17) is 16.9 Å². The van der Waals surface area contributed by atoms with Gasteiger partial charge in [-0.1, -0.05) is 54.6 Å². The van der Waals surface area contributed by atoms with Gasteiger partial charge in [-0.25, -0.2) is 0 Å². The number of fused-ring (bicyclic) bond motifs is 1. The summed E-state index contributed by atoms with van der Waals surface area (Å²) in [6.07, 6.45) is 9.72. The maximum Gasteiger partial charge on any atom is 0.140 e. The molecule has 0 aliphatic heterocycles. The molecule has 0 saturated heterocycles. The van der Waals surface area contributed by atoms with Crippen LogP contribution in [-0.2, 0) is 6.54 Å². The summed E-state index contributed by atoms with van der Waals surface area (Å²) in [6.45, 7) is 2.66. The van der Waals surface area contributed by atoms with Gasteiger partial charge in [-0.15, -0.1) is 6.42 Å². The van der Waals surface area contributed by atoms with Gasteiger partial charge in [-0.3, -0.25) is 0 Å². The van der Waals surface area contributed by atoms with Crippen LogP contribution in [0.5, 0.6) is 5.75 Å². The van der Waals surface area contributed by atoms with Crippen molar-refractivity contribution < 1.29 is 4.74 Å². The lowest BCUT2D eigenvalue weighted by Gasteiger charge is -2.11. The summed E-state index contributed by atoms with van der Waals surface area (Å²) in [6, 6.07) is 24.2. The summed E-state index contributed by atoms with van der Waals surface area (Å²) < 4.78 is 7.88. The predicted molar refractivity (Wildman–Crippen MR) is 192 cm³/mol.